The van der Waals surface area contributed by atoms with Gasteiger partial charge in [0, 0.05) is 28.8 Å². The number of hydrogen-bond acceptors (Lipinski definition) is 4. The van der Waals surface area contributed by atoms with Gasteiger partial charge in [0.1, 0.15) is 6.04 Å². The standard InChI is InChI=1S/C14H18BrN3O3/c1-9(14(20)18-4-6-21-7-5-18)17-13(19)10-2-3-11(15)12(16)8-10/h2-3,8-9H,4-7,16H2,1H3,(H,17,19). The molecule has 0 aromatic heterocycles. The van der Waals surface area contributed by atoms with E-state index >= 15 is 0 Å². The summed E-state index contributed by atoms with van der Waals surface area (Å²) >= 11 is 3.28. The maximum absolute atomic E-state index is 12.2. The molecule has 1 aliphatic rings. The summed E-state index contributed by atoms with van der Waals surface area (Å²) in [5.74, 6) is -0.417. The first-order valence-corrected chi connectivity index (χ1v) is 7.51. The fourth-order valence-electron chi connectivity index (χ4n) is 2.08. The topological polar surface area (TPSA) is 84.7 Å². The quantitative estimate of drug-likeness (QED) is 0.792. The fraction of sp³-hybridized carbons (Fsp3) is 0.429. The summed E-state index contributed by atoms with van der Waals surface area (Å²) in [6.07, 6.45) is 0. The third kappa shape index (κ3) is 3.95. The fourth-order valence-corrected chi connectivity index (χ4v) is 2.33. The van der Waals surface area contributed by atoms with Gasteiger partial charge in [-0.25, -0.2) is 0 Å². The van der Waals surface area contributed by atoms with E-state index in [9.17, 15) is 9.59 Å². The Bertz CT molecular complexity index is 544. The largest absolute Gasteiger partial charge is 0.398 e. The van der Waals surface area contributed by atoms with Crippen LogP contribution in [0.15, 0.2) is 22.7 Å². The third-order valence-electron chi connectivity index (χ3n) is 3.30. The lowest BCUT2D eigenvalue weighted by atomic mass is 10.1. The first-order chi connectivity index (χ1) is 9.99. The Balaban J connectivity index is 1.97. The van der Waals surface area contributed by atoms with Gasteiger partial charge in [-0.3, -0.25) is 9.59 Å². The molecular formula is C14H18BrN3O3. The van der Waals surface area contributed by atoms with Crippen molar-refractivity contribution in [2.24, 2.45) is 0 Å². The summed E-state index contributed by atoms with van der Waals surface area (Å²) < 4.78 is 5.94. The Morgan fingerprint density at radius 1 is 1.38 bits per heavy atom. The zero-order valence-electron chi connectivity index (χ0n) is 11.8. The van der Waals surface area contributed by atoms with Crippen LogP contribution < -0.4 is 11.1 Å². The zero-order valence-corrected chi connectivity index (χ0v) is 13.4. The van der Waals surface area contributed by atoms with Crippen LogP contribution in [0.3, 0.4) is 0 Å². The second-order valence-electron chi connectivity index (χ2n) is 4.87. The molecule has 3 N–H and O–H groups in total. The third-order valence-corrected chi connectivity index (χ3v) is 4.02. The van der Waals surface area contributed by atoms with E-state index in [1.54, 1.807) is 30.0 Å². The minimum Gasteiger partial charge on any atom is -0.398 e. The van der Waals surface area contributed by atoms with Gasteiger partial charge in [0.2, 0.25) is 5.91 Å². The highest BCUT2D eigenvalue weighted by Crippen LogP contribution is 2.20. The number of carbonyl (C=O) groups excluding carboxylic acids is 2. The Morgan fingerprint density at radius 3 is 2.67 bits per heavy atom. The Labute approximate surface area is 131 Å². The van der Waals surface area contributed by atoms with Crippen LogP contribution in [0.4, 0.5) is 5.69 Å². The lowest BCUT2D eigenvalue weighted by Crippen LogP contribution is -2.50. The van der Waals surface area contributed by atoms with Gasteiger partial charge in [0.15, 0.2) is 0 Å². The first kappa shape index (κ1) is 15.8. The molecule has 0 saturated carbocycles. The molecule has 2 amide bonds. The normalized spacial score (nSPS) is 16.4. The van der Waals surface area contributed by atoms with Crippen molar-refractivity contribution in [2.75, 3.05) is 32.0 Å². The van der Waals surface area contributed by atoms with Crippen molar-refractivity contribution in [3.63, 3.8) is 0 Å². The molecular weight excluding hydrogens is 338 g/mol. The Hall–Kier alpha value is -1.60. The molecule has 1 heterocycles. The molecule has 6 nitrogen and oxygen atoms in total. The predicted molar refractivity (Wildman–Crippen MR) is 82.9 cm³/mol. The molecule has 7 heteroatoms. The van der Waals surface area contributed by atoms with Crippen molar-refractivity contribution in [1.29, 1.82) is 0 Å². The van der Waals surface area contributed by atoms with Crippen LogP contribution >= 0.6 is 15.9 Å². The predicted octanol–water partition coefficient (Wildman–Crippen LogP) is 1.01. The number of hydrogen-bond donors (Lipinski definition) is 2. The highest BCUT2D eigenvalue weighted by atomic mass is 79.9. The molecule has 21 heavy (non-hydrogen) atoms. The van der Waals surface area contributed by atoms with Crippen molar-refractivity contribution in [2.45, 2.75) is 13.0 Å². The summed E-state index contributed by atoms with van der Waals surface area (Å²) in [7, 11) is 0. The van der Waals surface area contributed by atoms with E-state index in [4.69, 9.17) is 10.5 Å². The van der Waals surface area contributed by atoms with Crippen LogP contribution in [0, 0.1) is 0 Å². The molecule has 0 aliphatic carbocycles. The van der Waals surface area contributed by atoms with Gasteiger partial charge in [0.25, 0.3) is 5.91 Å². The number of benzene rings is 1. The van der Waals surface area contributed by atoms with E-state index in [1.807, 2.05) is 0 Å². The number of ether oxygens (including phenoxy) is 1. The van der Waals surface area contributed by atoms with Crippen LogP contribution in [0.1, 0.15) is 17.3 Å². The molecule has 0 bridgehead atoms. The molecule has 1 aliphatic heterocycles. The monoisotopic (exact) mass is 355 g/mol. The van der Waals surface area contributed by atoms with Crippen molar-refractivity contribution in [1.82, 2.24) is 10.2 Å². The maximum atomic E-state index is 12.2. The average Bonchev–Trinajstić information content (AvgIpc) is 2.50. The molecule has 0 radical (unpaired) electrons. The Morgan fingerprint density at radius 2 is 2.05 bits per heavy atom. The average molecular weight is 356 g/mol. The molecule has 1 aromatic rings. The summed E-state index contributed by atoms with van der Waals surface area (Å²) in [6.45, 7) is 3.87. The smallest absolute Gasteiger partial charge is 0.251 e. The minimum atomic E-state index is -0.583. The van der Waals surface area contributed by atoms with Gasteiger partial charge < -0.3 is 20.7 Å². The number of morpholine rings is 1. The van der Waals surface area contributed by atoms with Crippen LogP contribution in [-0.2, 0) is 9.53 Å². The highest BCUT2D eigenvalue weighted by Gasteiger charge is 2.24. The highest BCUT2D eigenvalue weighted by molar-refractivity contribution is 9.10. The lowest BCUT2D eigenvalue weighted by molar-refractivity contribution is -0.136. The number of carbonyl (C=O) groups is 2. The van der Waals surface area contributed by atoms with Crippen LogP contribution in [0.5, 0.6) is 0 Å². The van der Waals surface area contributed by atoms with Crippen LogP contribution in [0.2, 0.25) is 0 Å². The van der Waals surface area contributed by atoms with Crippen molar-refractivity contribution >= 4 is 33.4 Å². The maximum Gasteiger partial charge on any atom is 0.251 e. The summed E-state index contributed by atoms with van der Waals surface area (Å²) in [6, 6.07) is 4.35. The first-order valence-electron chi connectivity index (χ1n) is 6.71. The molecule has 1 fully saturated rings. The van der Waals surface area contributed by atoms with E-state index in [2.05, 4.69) is 21.2 Å². The second-order valence-corrected chi connectivity index (χ2v) is 5.72. The lowest BCUT2D eigenvalue weighted by Gasteiger charge is -2.29. The van der Waals surface area contributed by atoms with Gasteiger partial charge in [-0.1, -0.05) is 0 Å². The Kier molecular flexibility index (Phi) is 5.19. The number of anilines is 1. The number of nitrogens with zero attached hydrogens (tertiary/aromatic N) is 1. The number of nitrogens with two attached hydrogens (primary N) is 1. The second kappa shape index (κ2) is 6.91. The van der Waals surface area contributed by atoms with E-state index in [0.717, 1.165) is 4.47 Å². The van der Waals surface area contributed by atoms with Gasteiger partial charge in [0.05, 0.1) is 13.2 Å². The number of amides is 2. The molecule has 1 unspecified atom stereocenters. The van der Waals surface area contributed by atoms with Crippen molar-refractivity contribution in [3.8, 4) is 0 Å². The van der Waals surface area contributed by atoms with Crippen LogP contribution in [0.25, 0.3) is 0 Å². The summed E-state index contributed by atoms with van der Waals surface area (Å²) in [5.41, 5.74) is 6.66. The molecule has 1 saturated heterocycles. The summed E-state index contributed by atoms with van der Waals surface area (Å²) in [5, 5.41) is 2.70. The molecule has 0 spiro atoms. The minimum absolute atomic E-state index is 0.100. The SMILES string of the molecule is CC(NC(=O)c1ccc(Br)c(N)c1)C(=O)N1CCOCC1. The molecule has 1 atom stereocenters. The molecule has 2 rings (SSSR count). The van der Waals surface area contributed by atoms with E-state index < -0.39 is 6.04 Å². The van der Waals surface area contributed by atoms with E-state index in [1.165, 1.54) is 0 Å². The van der Waals surface area contributed by atoms with Gasteiger partial charge in [-0.05, 0) is 41.1 Å². The van der Waals surface area contributed by atoms with Gasteiger partial charge in [-0.2, -0.15) is 0 Å². The molecule has 1 aromatic carbocycles. The van der Waals surface area contributed by atoms with E-state index in [0.29, 0.717) is 37.6 Å². The van der Waals surface area contributed by atoms with E-state index in [-0.39, 0.29) is 11.8 Å². The number of nitrogens with one attached hydrogen (secondary N) is 1. The number of nitrogen functional groups attached to an aromatic ring is 1. The zero-order chi connectivity index (χ0) is 15.4. The number of halogens is 1. The van der Waals surface area contributed by atoms with Gasteiger partial charge in [-0.15, -0.1) is 0 Å². The number of rotatable bonds is 3. The van der Waals surface area contributed by atoms with Crippen molar-refractivity contribution < 1.29 is 14.3 Å². The van der Waals surface area contributed by atoms with Gasteiger partial charge >= 0.3 is 0 Å². The molecule has 114 valence electrons. The van der Waals surface area contributed by atoms with Crippen molar-refractivity contribution in [3.05, 3.63) is 28.2 Å². The van der Waals surface area contributed by atoms with Crippen LogP contribution in [-0.4, -0.2) is 49.1 Å². The summed E-state index contributed by atoms with van der Waals surface area (Å²) in [4.78, 5) is 26.0.